The lowest BCUT2D eigenvalue weighted by Gasteiger charge is -2.03. The number of thiophene rings is 1. The van der Waals surface area contributed by atoms with Gasteiger partial charge < -0.3 is 8.98 Å². The van der Waals surface area contributed by atoms with Gasteiger partial charge in [-0.3, -0.25) is 10.1 Å². The fourth-order valence-corrected chi connectivity index (χ4v) is 3.68. The van der Waals surface area contributed by atoms with Crippen LogP contribution in [0.25, 0.3) is 26.5 Å². The van der Waals surface area contributed by atoms with E-state index >= 15 is 0 Å². The van der Waals surface area contributed by atoms with Crippen LogP contribution < -0.4 is 0 Å². The number of nitro groups is 1. The summed E-state index contributed by atoms with van der Waals surface area (Å²) in [7, 11) is 0. The predicted molar refractivity (Wildman–Crippen MR) is 88.5 cm³/mol. The van der Waals surface area contributed by atoms with Crippen molar-refractivity contribution in [2.75, 3.05) is 0 Å². The van der Waals surface area contributed by atoms with E-state index in [4.69, 9.17) is 16.6 Å². The molecule has 4 rings (SSSR count). The monoisotopic (exact) mass is 344 g/mol. The highest BCUT2D eigenvalue weighted by Gasteiger charge is 2.20. The molecule has 114 valence electrons. The van der Waals surface area contributed by atoms with Crippen LogP contribution in [0.2, 0.25) is 0 Å². The molecule has 1 N–H and O–H groups in total. The number of hydrogen-bond acceptors (Lipinski definition) is 6. The van der Waals surface area contributed by atoms with E-state index in [-0.39, 0.29) is 10.5 Å². The van der Waals surface area contributed by atoms with Gasteiger partial charge in [0.05, 0.1) is 10.6 Å². The van der Waals surface area contributed by atoms with Crippen LogP contribution in [-0.2, 0) is 0 Å². The van der Waals surface area contributed by atoms with Crippen molar-refractivity contribution in [2.45, 2.75) is 0 Å². The van der Waals surface area contributed by atoms with Crippen LogP contribution in [0.3, 0.4) is 0 Å². The average Bonchev–Trinajstić information content (AvgIpc) is 3.24. The minimum atomic E-state index is -0.408. The SMILES string of the molecule is O=[N+]([O-])c1ccc2c(-n3cccc3)c(-c3n[nH]c(=S)o3)sc2c1. The van der Waals surface area contributed by atoms with Crippen LogP contribution in [0.15, 0.2) is 47.1 Å². The summed E-state index contributed by atoms with van der Waals surface area (Å²) in [6.07, 6.45) is 3.79. The van der Waals surface area contributed by atoms with Crippen LogP contribution in [-0.4, -0.2) is 19.7 Å². The second-order valence-electron chi connectivity index (χ2n) is 4.73. The molecule has 0 spiro atoms. The maximum atomic E-state index is 11.0. The number of aromatic nitrogens is 3. The smallest absolute Gasteiger partial charge is 0.284 e. The average molecular weight is 344 g/mol. The second kappa shape index (κ2) is 5.14. The first-order valence-corrected chi connectivity index (χ1v) is 7.76. The fraction of sp³-hybridized carbons (Fsp3) is 0. The lowest BCUT2D eigenvalue weighted by atomic mass is 10.2. The molecule has 3 aromatic heterocycles. The maximum absolute atomic E-state index is 11.0. The first kappa shape index (κ1) is 13.9. The third-order valence-electron chi connectivity index (χ3n) is 3.35. The summed E-state index contributed by atoms with van der Waals surface area (Å²) in [6.45, 7) is 0. The molecule has 0 saturated carbocycles. The number of aromatic amines is 1. The number of hydrogen-bond donors (Lipinski definition) is 1. The van der Waals surface area contributed by atoms with Crippen LogP contribution in [0, 0.1) is 15.0 Å². The molecule has 0 bridgehead atoms. The Bertz CT molecular complexity index is 1080. The predicted octanol–water partition coefficient (Wildman–Crippen LogP) is 4.31. The van der Waals surface area contributed by atoms with E-state index in [0.717, 1.165) is 20.7 Å². The zero-order chi connectivity index (χ0) is 16.0. The van der Waals surface area contributed by atoms with Crippen molar-refractivity contribution in [3.63, 3.8) is 0 Å². The number of fused-ring (bicyclic) bond motifs is 1. The van der Waals surface area contributed by atoms with Crippen molar-refractivity contribution in [1.82, 2.24) is 14.8 Å². The molecule has 3 heterocycles. The Morgan fingerprint density at radius 2 is 2.13 bits per heavy atom. The van der Waals surface area contributed by atoms with Crippen LogP contribution in [0.5, 0.6) is 0 Å². The number of H-pyrrole nitrogens is 1. The van der Waals surface area contributed by atoms with E-state index in [9.17, 15) is 10.1 Å². The van der Waals surface area contributed by atoms with Crippen molar-refractivity contribution < 1.29 is 9.34 Å². The third-order valence-corrected chi connectivity index (χ3v) is 4.66. The Hall–Kier alpha value is -2.78. The van der Waals surface area contributed by atoms with Crippen LogP contribution in [0.4, 0.5) is 5.69 Å². The van der Waals surface area contributed by atoms with Crippen LogP contribution >= 0.6 is 23.6 Å². The maximum Gasteiger partial charge on any atom is 0.284 e. The summed E-state index contributed by atoms with van der Waals surface area (Å²) < 4.78 is 8.13. The van der Waals surface area contributed by atoms with Gasteiger partial charge in [-0.1, -0.05) is 0 Å². The second-order valence-corrected chi connectivity index (χ2v) is 6.15. The zero-order valence-corrected chi connectivity index (χ0v) is 13.1. The molecule has 0 aliphatic heterocycles. The highest BCUT2D eigenvalue weighted by Crippen LogP contribution is 2.41. The minimum Gasteiger partial charge on any atom is -0.408 e. The molecule has 7 nitrogen and oxygen atoms in total. The number of benzene rings is 1. The molecule has 0 radical (unpaired) electrons. The summed E-state index contributed by atoms with van der Waals surface area (Å²) in [6, 6.07) is 8.59. The molecular weight excluding hydrogens is 336 g/mol. The van der Waals surface area contributed by atoms with E-state index in [1.807, 2.05) is 29.1 Å². The number of non-ortho nitro benzene ring substituents is 1. The lowest BCUT2D eigenvalue weighted by Crippen LogP contribution is -1.91. The van der Waals surface area contributed by atoms with E-state index in [1.165, 1.54) is 17.4 Å². The van der Waals surface area contributed by atoms with Crippen molar-refractivity contribution >= 4 is 39.3 Å². The summed E-state index contributed by atoms with van der Waals surface area (Å²) in [4.78, 5) is 11.5. The molecular formula is C14H8N4O3S2. The molecule has 4 aromatic rings. The van der Waals surface area contributed by atoms with Gasteiger partial charge in [-0.25, -0.2) is 5.10 Å². The molecule has 0 unspecified atom stereocenters. The summed E-state index contributed by atoms with van der Waals surface area (Å²) in [5.74, 6) is 0.363. The Morgan fingerprint density at radius 3 is 2.78 bits per heavy atom. The number of rotatable bonds is 3. The van der Waals surface area contributed by atoms with Gasteiger partial charge in [-0.05, 0) is 30.4 Å². The van der Waals surface area contributed by atoms with Crippen molar-refractivity contribution in [1.29, 1.82) is 0 Å². The van der Waals surface area contributed by atoms with Gasteiger partial charge in [0.25, 0.3) is 16.4 Å². The standard InChI is InChI=1S/C14H8N4O3S2/c19-18(20)8-3-4-9-10(7-8)23-12(13-15-16-14(22)21-13)11(9)17-5-1-2-6-17/h1-7H,(H,16,22). The van der Waals surface area contributed by atoms with E-state index < -0.39 is 4.92 Å². The van der Waals surface area contributed by atoms with Gasteiger partial charge >= 0.3 is 0 Å². The Labute approximate surface area is 138 Å². The van der Waals surface area contributed by atoms with Gasteiger partial charge in [0.15, 0.2) is 0 Å². The summed E-state index contributed by atoms with van der Waals surface area (Å²) in [5, 5.41) is 18.6. The van der Waals surface area contributed by atoms with Gasteiger partial charge in [0.1, 0.15) is 4.88 Å². The molecule has 0 saturated heterocycles. The molecule has 23 heavy (non-hydrogen) atoms. The van der Waals surface area contributed by atoms with Crippen LogP contribution in [0.1, 0.15) is 0 Å². The minimum absolute atomic E-state index is 0.0484. The number of nitro benzene ring substituents is 1. The molecule has 0 amide bonds. The summed E-state index contributed by atoms with van der Waals surface area (Å²) >= 11 is 6.31. The molecule has 0 atom stereocenters. The Balaban J connectivity index is 2.05. The third kappa shape index (κ3) is 2.26. The first-order chi connectivity index (χ1) is 11.1. The van der Waals surface area contributed by atoms with Crippen molar-refractivity contribution in [3.8, 4) is 16.5 Å². The highest BCUT2D eigenvalue weighted by molar-refractivity contribution is 7.71. The van der Waals surface area contributed by atoms with E-state index in [1.54, 1.807) is 12.1 Å². The molecule has 0 aliphatic rings. The number of nitrogens with one attached hydrogen (secondary N) is 1. The molecule has 0 aliphatic carbocycles. The lowest BCUT2D eigenvalue weighted by molar-refractivity contribution is -0.384. The van der Waals surface area contributed by atoms with Gasteiger partial charge in [-0.15, -0.1) is 16.4 Å². The number of nitrogens with zero attached hydrogens (tertiary/aromatic N) is 3. The van der Waals surface area contributed by atoms with Crippen molar-refractivity contribution in [3.05, 3.63) is 57.7 Å². The van der Waals surface area contributed by atoms with Gasteiger partial charge in [-0.2, -0.15) is 0 Å². The molecule has 0 fully saturated rings. The first-order valence-electron chi connectivity index (χ1n) is 6.53. The van der Waals surface area contributed by atoms with E-state index in [0.29, 0.717) is 5.89 Å². The highest BCUT2D eigenvalue weighted by atomic mass is 32.1. The van der Waals surface area contributed by atoms with E-state index in [2.05, 4.69) is 10.2 Å². The zero-order valence-electron chi connectivity index (χ0n) is 11.4. The topological polar surface area (TPSA) is 89.9 Å². The fourth-order valence-electron chi connectivity index (χ4n) is 2.40. The quantitative estimate of drug-likeness (QED) is 0.340. The Morgan fingerprint density at radius 1 is 1.35 bits per heavy atom. The normalized spacial score (nSPS) is 11.1. The van der Waals surface area contributed by atoms with Crippen molar-refractivity contribution in [2.24, 2.45) is 0 Å². The van der Waals surface area contributed by atoms with Gasteiger partial charge in [0.2, 0.25) is 0 Å². The molecule has 9 heteroatoms. The largest absolute Gasteiger partial charge is 0.408 e. The molecule has 1 aromatic carbocycles. The Kier molecular flexibility index (Phi) is 3.10. The summed E-state index contributed by atoms with van der Waals surface area (Å²) in [5.41, 5.74) is 0.905. The van der Waals surface area contributed by atoms with Gasteiger partial charge in [0, 0.05) is 34.6 Å².